The molecule has 0 bridgehead atoms. The van der Waals surface area contributed by atoms with E-state index in [0.29, 0.717) is 18.5 Å². The Kier molecular flexibility index (Phi) is 4.74. The second-order valence-electron chi connectivity index (χ2n) is 4.65. The number of benzene rings is 1. The lowest BCUT2D eigenvalue weighted by atomic mass is 10.0. The third-order valence-corrected chi connectivity index (χ3v) is 3.51. The highest BCUT2D eigenvalue weighted by molar-refractivity contribution is 6.31. The molecular weight excluding hydrogens is 271 g/mol. The topological polar surface area (TPSA) is 61.4 Å². The number of aliphatic hydroxyl groups is 1. The van der Waals surface area contributed by atoms with Gasteiger partial charge in [-0.05, 0) is 30.7 Å². The van der Waals surface area contributed by atoms with Crippen LogP contribution in [-0.4, -0.2) is 36.2 Å². The van der Waals surface area contributed by atoms with Crippen LogP contribution in [0.1, 0.15) is 12.0 Å². The van der Waals surface area contributed by atoms with Crippen molar-refractivity contribution in [2.24, 2.45) is 0 Å². The van der Waals surface area contributed by atoms with Gasteiger partial charge in [0.2, 0.25) is 5.91 Å². The number of halogens is 2. The molecule has 0 radical (unpaired) electrons. The molecule has 1 amide bonds. The first-order valence-corrected chi connectivity index (χ1v) is 6.56. The van der Waals surface area contributed by atoms with E-state index in [1.165, 1.54) is 18.2 Å². The van der Waals surface area contributed by atoms with Crippen LogP contribution in [0.25, 0.3) is 0 Å². The molecule has 1 saturated heterocycles. The van der Waals surface area contributed by atoms with Crippen molar-refractivity contribution >= 4 is 17.5 Å². The number of piperidine rings is 1. The first kappa shape index (κ1) is 14.2. The quantitative estimate of drug-likeness (QED) is 0.772. The fourth-order valence-corrected chi connectivity index (χ4v) is 2.34. The number of amides is 1. The molecule has 19 heavy (non-hydrogen) atoms. The summed E-state index contributed by atoms with van der Waals surface area (Å²) >= 11 is 5.87. The van der Waals surface area contributed by atoms with Crippen LogP contribution in [-0.2, 0) is 11.2 Å². The van der Waals surface area contributed by atoms with Gasteiger partial charge in [-0.1, -0.05) is 17.7 Å². The highest BCUT2D eigenvalue weighted by Gasteiger charge is 2.24. The zero-order chi connectivity index (χ0) is 13.8. The Labute approximate surface area is 116 Å². The van der Waals surface area contributed by atoms with E-state index in [2.05, 4.69) is 10.6 Å². The zero-order valence-electron chi connectivity index (χ0n) is 10.3. The van der Waals surface area contributed by atoms with E-state index in [4.69, 9.17) is 11.6 Å². The number of rotatable bonds is 3. The molecule has 2 atom stereocenters. The minimum absolute atomic E-state index is 0.0791. The van der Waals surface area contributed by atoms with Gasteiger partial charge in [-0.3, -0.25) is 4.79 Å². The summed E-state index contributed by atoms with van der Waals surface area (Å²) in [6.45, 7) is 1.24. The summed E-state index contributed by atoms with van der Waals surface area (Å²) in [7, 11) is 0. The summed E-state index contributed by atoms with van der Waals surface area (Å²) in [6.07, 6.45) is 0.182. The van der Waals surface area contributed by atoms with Crippen molar-refractivity contribution in [2.75, 3.05) is 13.1 Å². The highest BCUT2D eigenvalue weighted by Crippen LogP contribution is 2.17. The highest BCUT2D eigenvalue weighted by atomic mass is 35.5. The Morgan fingerprint density at radius 2 is 2.37 bits per heavy atom. The molecule has 1 aliphatic rings. The van der Waals surface area contributed by atoms with Crippen molar-refractivity contribution in [1.29, 1.82) is 0 Å². The van der Waals surface area contributed by atoms with Gasteiger partial charge < -0.3 is 15.7 Å². The summed E-state index contributed by atoms with van der Waals surface area (Å²) in [5, 5.41) is 15.8. The van der Waals surface area contributed by atoms with Gasteiger partial charge in [0, 0.05) is 11.6 Å². The number of carbonyl (C=O) groups is 1. The maximum absolute atomic E-state index is 12.9. The molecule has 4 nitrogen and oxygen atoms in total. The molecule has 0 aromatic heterocycles. The summed E-state index contributed by atoms with van der Waals surface area (Å²) in [4.78, 5) is 11.9. The summed E-state index contributed by atoms with van der Waals surface area (Å²) in [5.74, 6) is -0.651. The molecule has 1 heterocycles. The Bertz CT molecular complexity index is 470. The number of β-amino-alcohol motifs (C(OH)–C–C–N with tert-alkyl or cyclic N) is 1. The monoisotopic (exact) mass is 286 g/mol. The second kappa shape index (κ2) is 6.32. The van der Waals surface area contributed by atoms with Crippen molar-refractivity contribution < 1.29 is 14.3 Å². The van der Waals surface area contributed by atoms with Gasteiger partial charge in [0.1, 0.15) is 5.82 Å². The number of carbonyl (C=O) groups excluding carboxylic acids is 1. The van der Waals surface area contributed by atoms with E-state index in [9.17, 15) is 14.3 Å². The Morgan fingerprint density at radius 1 is 1.58 bits per heavy atom. The van der Waals surface area contributed by atoms with E-state index in [1.807, 2.05) is 0 Å². The lowest BCUT2D eigenvalue weighted by Gasteiger charge is -2.29. The normalized spacial score (nSPS) is 23.1. The second-order valence-corrected chi connectivity index (χ2v) is 5.05. The molecule has 1 aliphatic heterocycles. The van der Waals surface area contributed by atoms with E-state index in [0.717, 1.165) is 6.54 Å². The van der Waals surface area contributed by atoms with Crippen LogP contribution in [0.5, 0.6) is 0 Å². The van der Waals surface area contributed by atoms with Crippen LogP contribution >= 0.6 is 11.6 Å². The van der Waals surface area contributed by atoms with Crippen LogP contribution in [0.3, 0.4) is 0 Å². The molecule has 2 rings (SSSR count). The minimum atomic E-state index is -0.582. The van der Waals surface area contributed by atoms with Gasteiger partial charge in [0.25, 0.3) is 0 Å². The molecule has 104 valence electrons. The Hall–Kier alpha value is -1.17. The molecule has 1 aromatic carbocycles. The third-order valence-electron chi connectivity index (χ3n) is 3.16. The molecule has 6 heteroatoms. The van der Waals surface area contributed by atoms with Crippen molar-refractivity contribution in [3.05, 3.63) is 34.6 Å². The number of nitrogens with one attached hydrogen (secondary N) is 2. The van der Waals surface area contributed by atoms with Gasteiger partial charge in [0.15, 0.2) is 0 Å². The van der Waals surface area contributed by atoms with Crippen LogP contribution in [0.2, 0.25) is 5.02 Å². The number of hydrogen-bond acceptors (Lipinski definition) is 3. The zero-order valence-corrected chi connectivity index (χ0v) is 11.1. The van der Waals surface area contributed by atoms with Crippen LogP contribution in [0.4, 0.5) is 4.39 Å². The molecule has 0 saturated carbocycles. The lowest BCUT2D eigenvalue weighted by molar-refractivity contribution is -0.122. The maximum atomic E-state index is 12.9. The van der Waals surface area contributed by atoms with Gasteiger partial charge in [-0.25, -0.2) is 4.39 Å². The number of hydrogen-bond donors (Lipinski definition) is 3. The van der Waals surface area contributed by atoms with Crippen molar-refractivity contribution in [3.8, 4) is 0 Å². The van der Waals surface area contributed by atoms with E-state index >= 15 is 0 Å². The maximum Gasteiger partial charge on any atom is 0.224 e. The van der Waals surface area contributed by atoms with Gasteiger partial charge in [0.05, 0.1) is 18.6 Å². The van der Waals surface area contributed by atoms with Crippen LogP contribution < -0.4 is 10.6 Å². The van der Waals surface area contributed by atoms with Gasteiger partial charge >= 0.3 is 0 Å². The van der Waals surface area contributed by atoms with Gasteiger partial charge in [-0.15, -0.1) is 0 Å². The van der Waals surface area contributed by atoms with Crippen molar-refractivity contribution in [3.63, 3.8) is 0 Å². The van der Waals surface area contributed by atoms with Crippen molar-refractivity contribution in [2.45, 2.75) is 25.0 Å². The molecule has 0 spiro atoms. The summed E-state index contributed by atoms with van der Waals surface area (Å²) in [5.41, 5.74) is 0.573. The van der Waals surface area contributed by atoms with Crippen molar-refractivity contribution in [1.82, 2.24) is 10.6 Å². The Morgan fingerprint density at radius 3 is 3.05 bits per heavy atom. The fraction of sp³-hybridized carbons (Fsp3) is 0.462. The molecule has 0 aliphatic carbocycles. The molecule has 1 aromatic rings. The number of aliphatic hydroxyl groups excluding tert-OH is 1. The average Bonchev–Trinajstić information content (AvgIpc) is 2.36. The smallest absolute Gasteiger partial charge is 0.224 e. The lowest BCUT2D eigenvalue weighted by Crippen LogP contribution is -2.52. The average molecular weight is 287 g/mol. The van der Waals surface area contributed by atoms with Crippen LogP contribution in [0, 0.1) is 5.82 Å². The largest absolute Gasteiger partial charge is 0.390 e. The summed E-state index contributed by atoms with van der Waals surface area (Å²) in [6, 6.07) is 3.71. The third kappa shape index (κ3) is 3.89. The SMILES string of the molecule is O=C(Cc1ccc(F)cc1Cl)NC1CCNCC1O. The van der Waals surface area contributed by atoms with E-state index in [-0.39, 0.29) is 23.4 Å². The summed E-state index contributed by atoms with van der Waals surface area (Å²) < 4.78 is 12.9. The standard InChI is InChI=1S/C13H16ClFN2O2/c14-10-6-9(15)2-1-8(10)5-13(19)17-11-3-4-16-7-12(11)18/h1-2,6,11-12,16,18H,3-5,7H2,(H,17,19). The minimum Gasteiger partial charge on any atom is -0.390 e. The first-order chi connectivity index (χ1) is 9.06. The Balaban J connectivity index is 1.93. The van der Waals surface area contributed by atoms with Gasteiger partial charge in [-0.2, -0.15) is 0 Å². The fourth-order valence-electron chi connectivity index (χ4n) is 2.11. The molecular formula is C13H16ClFN2O2. The first-order valence-electron chi connectivity index (χ1n) is 6.18. The predicted octanol–water partition coefficient (Wildman–Crippen LogP) is 0.861. The van der Waals surface area contributed by atoms with Crippen LogP contribution in [0.15, 0.2) is 18.2 Å². The predicted molar refractivity (Wildman–Crippen MR) is 70.5 cm³/mol. The molecule has 3 N–H and O–H groups in total. The molecule has 2 unspecified atom stereocenters. The van der Waals surface area contributed by atoms with E-state index < -0.39 is 11.9 Å². The molecule has 1 fully saturated rings. The van der Waals surface area contributed by atoms with E-state index in [1.54, 1.807) is 0 Å².